The van der Waals surface area contributed by atoms with Crippen LogP contribution < -0.4 is 4.90 Å². The molecule has 0 aliphatic carbocycles. The van der Waals surface area contributed by atoms with Crippen LogP contribution in [0.1, 0.15) is 22.3 Å². The fraction of sp³-hybridized carbons (Fsp3) is 0.158. The average Bonchev–Trinajstić information content (AvgIpc) is 2.78. The van der Waals surface area contributed by atoms with E-state index < -0.39 is 11.5 Å². The molecule has 4 heteroatoms. The molecule has 2 aromatic rings. The SMILES string of the molecule is C#CCN1C(=O)C(O)(CC(=O)c2ccccc2)c2ccccc21. The molecule has 1 amide bonds. The highest BCUT2D eigenvalue weighted by molar-refractivity contribution is 6.10. The average molecular weight is 305 g/mol. The van der Waals surface area contributed by atoms with Crippen molar-refractivity contribution >= 4 is 17.4 Å². The van der Waals surface area contributed by atoms with Crippen molar-refractivity contribution < 1.29 is 14.7 Å². The van der Waals surface area contributed by atoms with Gasteiger partial charge in [-0.2, -0.15) is 0 Å². The zero-order chi connectivity index (χ0) is 16.4. The van der Waals surface area contributed by atoms with Gasteiger partial charge in [-0.05, 0) is 6.07 Å². The Balaban J connectivity index is 1.99. The first-order chi connectivity index (χ1) is 11.1. The van der Waals surface area contributed by atoms with E-state index in [9.17, 15) is 14.7 Å². The number of carbonyl (C=O) groups is 2. The highest BCUT2D eigenvalue weighted by Gasteiger charge is 2.50. The Bertz CT molecular complexity index is 807. The molecule has 1 aliphatic heterocycles. The molecule has 1 unspecified atom stereocenters. The summed E-state index contributed by atoms with van der Waals surface area (Å²) in [7, 11) is 0. The largest absolute Gasteiger partial charge is 0.375 e. The number of fused-ring (bicyclic) bond motifs is 1. The summed E-state index contributed by atoms with van der Waals surface area (Å²) in [5, 5.41) is 11.0. The summed E-state index contributed by atoms with van der Waals surface area (Å²) < 4.78 is 0. The van der Waals surface area contributed by atoms with Crippen LogP contribution in [-0.2, 0) is 10.4 Å². The van der Waals surface area contributed by atoms with Gasteiger partial charge in [-0.15, -0.1) is 6.42 Å². The van der Waals surface area contributed by atoms with E-state index in [1.165, 1.54) is 4.90 Å². The minimum atomic E-state index is -1.87. The number of hydrogen-bond donors (Lipinski definition) is 1. The van der Waals surface area contributed by atoms with Crippen molar-refractivity contribution in [2.24, 2.45) is 0 Å². The van der Waals surface area contributed by atoms with E-state index in [4.69, 9.17) is 6.42 Å². The summed E-state index contributed by atoms with van der Waals surface area (Å²) in [4.78, 5) is 26.5. The molecule has 0 saturated heterocycles. The lowest BCUT2D eigenvalue weighted by atomic mass is 9.88. The van der Waals surface area contributed by atoms with Gasteiger partial charge in [0.25, 0.3) is 5.91 Å². The van der Waals surface area contributed by atoms with Crippen molar-refractivity contribution in [2.75, 3.05) is 11.4 Å². The minimum absolute atomic E-state index is 0.0533. The molecule has 1 atom stereocenters. The van der Waals surface area contributed by atoms with Crippen LogP contribution in [0.25, 0.3) is 0 Å². The lowest BCUT2D eigenvalue weighted by Gasteiger charge is -2.21. The van der Waals surface area contributed by atoms with Crippen molar-refractivity contribution in [3.63, 3.8) is 0 Å². The van der Waals surface area contributed by atoms with Crippen LogP contribution >= 0.6 is 0 Å². The number of benzene rings is 2. The van der Waals surface area contributed by atoms with Gasteiger partial charge in [0.2, 0.25) is 0 Å². The molecule has 23 heavy (non-hydrogen) atoms. The number of aliphatic hydroxyl groups is 1. The van der Waals surface area contributed by atoms with Crippen LogP contribution in [-0.4, -0.2) is 23.3 Å². The van der Waals surface area contributed by atoms with E-state index in [1.54, 1.807) is 54.6 Å². The third-order valence-corrected chi connectivity index (χ3v) is 4.00. The monoisotopic (exact) mass is 305 g/mol. The van der Waals surface area contributed by atoms with E-state index in [0.29, 0.717) is 16.8 Å². The Labute approximate surface area is 134 Å². The molecule has 114 valence electrons. The van der Waals surface area contributed by atoms with Gasteiger partial charge in [0.05, 0.1) is 18.7 Å². The fourth-order valence-electron chi connectivity index (χ4n) is 2.88. The molecular weight excluding hydrogens is 290 g/mol. The minimum Gasteiger partial charge on any atom is -0.375 e. The maximum Gasteiger partial charge on any atom is 0.265 e. The predicted molar refractivity (Wildman–Crippen MR) is 86.9 cm³/mol. The van der Waals surface area contributed by atoms with E-state index in [0.717, 1.165) is 0 Å². The van der Waals surface area contributed by atoms with Crippen molar-refractivity contribution in [2.45, 2.75) is 12.0 Å². The van der Waals surface area contributed by atoms with Gasteiger partial charge in [0, 0.05) is 11.1 Å². The molecule has 0 fully saturated rings. The molecule has 4 nitrogen and oxygen atoms in total. The first-order valence-corrected chi connectivity index (χ1v) is 7.23. The van der Waals surface area contributed by atoms with Gasteiger partial charge in [-0.3, -0.25) is 14.5 Å². The number of para-hydroxylation sites is 1. The molecule has 0 spiro atoms. The highest BCUT2D eigenvalue weighted by atomic mass is 16.3. The van der Waals surface area contributed by atoms with Crippen LogP contribution in [0.3, 0.4) is 0 Å². The molecule has 0 aromatic heterocycles. The first kappa shape index (κ1) is 15.0. The number of terminal acetylenes is 1. The van der Waals surface area contributed by atoms with Gasteiger partial charge in [-0.25, -0.2) is 0 Å². The fourth-order valence-corrected chi connectivity index (χ4v) is 2.88. The van der Waals surface area contributed by atoms with Crippen LogP contribution in [0, 0.1) is 12.3 Å². The number of nitrogens with zero attached hydrogens (tertiary/aromatic N) is 1. The van der Waals surface area contributed by atoms with E-state index in [2.05, 4.69) is 5.92 Å². The maximum absolute atomic E-state index is 12.7. The molecule has 0 radical (unpaired) electrons. The second kappa shape index (κ2) is 5.71. The highest BCUT2D eigenvalue weighted by Crippen LogP contribution is 2.42. The Morgan fingerprint density at radius 3 is 2.48 bits per heavy atom. The summed E-state index contributed by atoms with van der Waals surface area (Å²) in [5.74, 6) is 1.57. The number of hydrogen-bond acceptors (Lipinski definition) is 3. The first-order valence-electron chi connectivity index (χ1n) is 7.23. The van der Waals surface area contributed by atoms with Gasteiger partial charge >= 0.3 is 0 Å². The maximum atomic E-state index is 12.7. The second-order valence-corrected chi connectivity index (χ2v) is 5.44. The molecule has 2 aromatic carbocycles. The number of carbonyl (C=O) groups excluding carboxylic acids is 2. The third-order valence-electron chi connectivity index (χ3n) is 4.00. The topological polar surface area (TPSA) is 57.6 Å². The van der Waals surface area contributed by atoms with Crippen LogP contribution in [0.5, 0.6) is 0 Å². The normalized spacial score (nSPS) is 19.3. The number of amides is 1. The third kappa shape index (κ3) is 2.41. The Kier molecular flexibility index (Phi) is 3.73. The predicted octanol–water partition coefficient (Wildman–Crippen LogP) is 2.13. The molecule has 3 rings (SSSR count). The summed E-state index contributed by atoms with van der Waals surface area (Å²) in [6, 6.07) is 15.5. The molecular formula is C19H15NO3. The van der Waals surface area contributed by atoms with Gasteiger partial charge in [-0.1, -0.05) is 54.5 Å². The Morgan fingerprint density at radius 1 is 1.13 bits per heavy atom. The van der Waals surface area contributed by atoms with Crippen LogP contribution in [0.2, 0.25) is 0 Å². The lowest BCUT2D eigenvalue weighted by Crippen LogP contribution is -2.42. The Morgan fingerprint density at radius 2 is 1.78 bits per heavy atom. The number of rotatable bonds is 4. The van der Waals surface area contributed by atoms with Crippen molar-refractivity contribution in [1.29, 1.82) is 0 Å². The zero-order valence-electron chi connectivity index (χ0n) is 12.4. The lowest BCUT2D eigenvalue weighted by molar-refractivity contribution is -0.135. The zero-order valence-corrected chi connectivity index (χ0v) is 12.4. The standard InChI is InChI=1S/C19H15NO3/c1-2-12-20-16-11-7-6-10-15(16)19(23,18(20)22)13-17(21)14-8-4-3-5-9-14/h1,3-11,23H,12-13H2. The van der Waals surface area contributed by atoms with Crippen LogP contribution in [0.4, 0.5) is 5.69 Å². The molecule has 0 saturated carbocycles. The summed E-state index contributed by atoms with van der Waals surface area (Å²) in [6.07, 6.45) is 5.00. The Hall–Kier alpha value is -2.90. The van der Waals surface area contributed by atoms with E-state index >= 15 is 0 Å². The summed E-state index contributed by atoms with van der Waals surface area (Å²) in [5.41, 5.74) is -0.439. The van der Waals surface area contributed by atoms with Crippen molar-refractivity contribution in [3.8, 4) is 12.3 Å². The smallest absolute Gasteiger partial charge is 0.265 e. The van der Waals surface area contributed by atoms with Crippen molar-refractivity contribution in [1.82, 2.24) is 0 Å². The second-order valence-electron chi connectivity index (χ2n) is 5.44. The molecule has 0 bridgehead atoms. The van der Waals surface area contributed by atoms with Crippen molar-refractivity contribution in [3.05, 3.63) is 65.7 Å². The van der Waals surface area contributed by atoms with Gasteiger partial charge in [0.1, 0.15) is 0 Å². The molecule has 1 N–H and O–H groups in total. The summed E-state index contributed by atoms with van der Waals surface area (Å²) in [6.45, 7) is 0.0533. The summed E-state index contributed by atoms with van der Waals surface area (Å²) >= 11 is 0. The molecule has 1 aliphatic rings. The van der Waals surface area contributed by atoms with E-state index in [-0.39, 0.29) is 18.7 Å². The van der Waals surface area contributed by atoms with Gasteiger partial charge in [0.15, 0.2) is 11.4 Å². The number of anilines is 1. The number of Topliss-reactive ketones (excluding diaryl/α,β-unsaturated/α-hetero) is 1. The molecule has 1 heterocycles. The van der Waals surface area contributed by atoms with E-state index in [1.807, 2.05) is 0 Å². The quantitative estimate of drug-likeness (QED) is 0.695. The van der Waals surface area contributed by atoms with Gasteiger partial charge < -0.3 is 5.11 Å². The number of ketones is 1. The van der Waals surface area contributed by atoms with Crippen LogP contribution in [0.15, 0.2) is 54.6 Å².